The normalized spacial score (nSPS) is 10.4. The Morgan fingerprint density at radius 3 is 2.53 bits per heavy atom. The zero-order valence-electron chi connectivity index (χ0n) is 10.3. The molecule has 4 nitrogen and oxygen atoms in total. The van der Waals surface area contributed by atoms with E-state index in [1.54, 1.807) is 0 Å². The van der Waals surface area contributed by atoms with Crippen LogP contribution in [0.2, 0.25) is 0 Å². The highest BCUT2D eigenvalue weighted by Gasteiger charge is 2.17. The number of benzene rings is 1. The molecule has 94 valence electrons. The third-order valence-electron chi connectivity index (χ3n) is 2.40. The molecule has 0 bridgehead atoms. The summed E-state index contributed by atoms with van der Waals surface area (Å²) in [7, 11) is 0. The fourth-order valence-corrected chi connectivity index (χ4v) is 1.47. The number of aliphatic hydroxyl groups is 1. The number of hydrogen-bond acceptors (Lipinski definition) is 3. The minimum atomic E-state index is -0.391. The van der Waals surface area contributed by atoms with Gasteiger partial charge in [0.2, 0.25) is 0 Å². The van der Waals surface area contributed by atoms with Gasteiger partial charge in [-0.1, -0.05) is 30.3 Å². The van der Waals surface area contributed by atoms with Gasteiger partial charge in [-0.25, -0.2) is 4.79 Å². The Hall–Kier alpha value is -1.55. The maximum absolute atomic E-state index is 11.7. The van der Waals surface area contributed by atoms with Gasteiger partial charge in [-0.2, -0.15) is 0 Å². The van der Waals surface area contributed by atoms with Gasteiger partial charge in [0.05, 0.1) is 6.61 Å². The molecule has 0 aromatic heterocycles. The van der Waals surface area contributed by atoms with Crippen molar-refractivity contribution < 1.29 is 14.6 Å². The molecule has 1 rings (SSSR count). The average molecular weight is 237 g/mol. The minimum absolute atomic E-state index is 0.0189. The van der Waals surface area contributed by atoms with E-state index >= 15 is 0 Å². The molecule has 4 heteroatoms. The molecule has 0 saturated heterocycles. The van der Waals surface area contributed by atoms with Gasteiger partial charge < -0.3 is 14.7 Å². The van der Waals surface area contributed by atoms with E-state index in [9.17, 15) is 4.79 Å². The van der Waals surface area contributed by atoms with E-state index < -0.39 is 6.09 Å². The van der Waals surface area contributed by atoms with Crippen molar-refractivity contribution in [2.75, 3.05) is 13.2 Å². The predicted molar refractivity (Wildman–Crippen MR) is 65.6 cm³/mol. The Morgan fingerprint density at radius 1 is 1.35 bits per heavy atom. The first kappa shape index (κ1) is 13.5. The van der Waals surface area contributed by atoms with Crippen LogP contribution in [0.3, 0.4) is 0 Å². The zero-order valence-corrected chi connectivity index (χ0v) is 10.3. The Balaban J connectivity index is 2.47. The topological polar surface area (TPSA) is 49.8 Å². The predicted octanol–water partition coefficient (Wildman–Crippen LogP) is 2.03. The number of hydrogen-bond donors (Lipinski definition) is 1. The second kappa shape index (κ2) is 6.91. The molecule has 0 fully saturated rings. The number of carbonyl (C=O) groups excluding carboxylic acids is 1. The van der Waals surface area contributed by atoms with E-state index in [0.717, 1.165) is 5.56 Å². The lowest BCUT2D eigenvalue weighted by molar-refractivity contribution is 0.0775. The summed E-state index contributed by atoms with van der Waals surface area (Å²) in [5, 5.41) is 8.87. The Bertz CT molecular complexity index is 338. The van der Waals surface area contributed by atoms with Gasteiger partial charge in [0.25, 0.3) is 0 Å². The lowest BCUT2D eigenvalue weighted by Gasteiger charge is -2.24. The van der Waals surface area contributed by atoms with Crippen LogP contribution < -0.4 is 0 Å². The van der Waals surface area contributed by atoms with Crippen molar-refractivity contribution in [3.63, 3.8) is 0 Å². The molecule has 0 atom stereocenters. The van der Waals surface area contributed by atoms with Crippen LogP contribution in [0.4, 0.5) is 4.79 Å². The smallest absolute Gasteiger partial charge is 0.410 e. The monoisotopic (exact) mass is 237 g/mol. The van der Waals surface area contributed by atoms with Crippen LogP contribution >= 0.6 is 0 Å². The van der Waals surface area contributed by atoms with E-state index in [4.69, 9.17) is 9.84 Å². The highest BCUT2D eigenvalue weighted by atomic mass is 16.6. The van der Waals surface area contributed by atoms with Crippen LogP contribution in [0.5, 0.6) is 0 Å². The molecular formula is C13H19NO3. The molecule has 17 heavy (non-hydrogen) atoms. The molecule has 1 aromatic carbocycles. The molecular weight excluding hydrogens is 218 g/mol. The molecule has 0 heterocycles. The van der Waals surface area contributed by atoms with Crippen molar-refractivity contribution in [3.8, 4) is 0 Å². The quantitative estimate of drug-likeness (QED) is 0.852. The fraction of sp³-hybridized carbons (Fsp3) is 0.462. The largest absolute Gasteiger partial charge is 0.445 e. The van der Waals surface area contributed by atoms with Gasteiger partial charge >= 0.3 is 6.09 Å². The maximum Gasteiger partial charge on any atom is 0.410 e. The standard InChI is InChI=1S/C13H19NO3/c1-11(2)14(8-9-15)13(16)17-10-12-6-4-3-5-7-12/h3-7,11,15H,8-10H2,1-2H3. The second-order valence-electron chi connectivity index (χ2n) is 4.05. The maximum atomic E-state index is 11.7. The van der Waals surface area contributed by atoms with Gasteiger partial charge in [0, 0.05) is 12.6 Å². The molecule has 1 aromatic rings. The van der Waals surface area contributed by atoms with E-state index in [-0.39, 0.29) is 19.3 Å². The highest BCUT2D eigenvalue weighted by Crippen LogP contribution is 2.05. The number of rotatable bonds is 5. The van der Waals surface area contributed by atoms with E-state index in [0.29, 0.717) is 6.54 Å². The van der Waals surface area contributed by atoms with Gasteiger partial charge in [0.1, 0.15) is 6.61 Å². The molecule has 1 amide bonds. The van der Waals surface area contributed by atoms with Gasteiger partial charge in [-0.05, 0) is 19.4 Å². The van der Waals surface area contributed by atoms with Crippen molar-refractivity contribution >= 4 is 6.09 Å². The number of carbonyl (C=O) groups is 1. The molecule has 0 spiro atoms. The third-order valence-corrected chi connectivity index (χ3v) is 2.40. The highest BCUT2D eigenvalue weighted by molar-refractivity contribution is 5.67. The Kier molecular flexibility index (Phi) is 5.49. The molecule has 0 aliphatic heterocycles. The van der Waals surface area contributed by atoms with Crippen molar-refractivity contribution in [2.45, 2.75) is 26.5 Å². The van der Waals surface area contributed by atoms with E-state index in [1.807, 2.05) is 44.2 Å². The van der Waals surface area contributed by atoms with Crippen LogP contribution in [-0.4, -0.2) is 35.3 Å². The summed E-state index contributed by atoms with van der Waals surface area (Å²) in [6.45, 7) is 4.27. The molecule has 0 saturated carbocycles. The summed E-state index contributed by atoms with van der Waals surface area (Å²) in [5.41, 5.74) is 0.952. The Morgan fingerprint density at radius 2 is 2.00 bits per heavy atom. The summed E-state index contributed by atoms with van der Waals surface area (Å²) in [4.78, 5) is 13.2. The number of nitrogens with zero attached hydrogens (tertiary/aromatic N) is 1. The van der Waals surface area contributed by atoms with Crippen molar-refractivity contribution in [1.29, 1.82) is 0 Å². The fourth-order valence-electron chi connectivity index (χ4n) is 1.47. The molecule has 0 aliphatic rings. The second-order valence-corrected chi connectivity index (χ2v) is 4.05. The lowest BCUT2D eigenvalue weighted by Crippen LogP contribution is -2.39. The summed E-state index contributed by atoms with van der Waals surface area (Å²) >= 11 is 0. The average Bonchev–Trinajstić information content (AvgIpc) is 2.34. The van der Waals surface area contributed by atoms with Gasteiger partial charge in [-0.3, -0.25) is 0 Å². The minimum Gasteiger partial charge on any atom is -0.445 e. The zero-order chi connectivity index (χ0) is 12.7. The first-order valence-corrected chi connectivity index (χ1v) is 5.73. The van der Waals surface area contributed by atoms with Gasteiger partial charge in [-0.15, -0.1) is 0 Å². The molecule has 0 aliphatic carbocycles. The van der Waals surface area contributed by atoms with Crippen molar-refractivity contribution in [1.82, 2.24) is 4.90 Å². The number of aliphatic hydroxyl groups excluding tert-OH is 1. The first-order valence-electron chi connectivity index (χ1n) is 5.73. The van der Waals surface area contributed by atoms with E-state index in [2.05, 4.69) is 0 Å². The van der Waals surface area contributed by atoms with Crippen LogP contribution in [0.1, 0.15) is 19.4 Å². The van der Waals surface area contributed by atoms with Crippen LogP contribution in [-0.2, 0) is 11.3 Å². The summed E-state index contributed by atoms with van der Waals surface area (Å²) in [6.07, 6.45) is -0.391. The molecule has 0 radical (unpaired) electrons. The van der Waals surface area contributed by atoms with Crippen LogP contribution in [0.15, 0.2) is 30.3 Å². The van der Waals surface area contributed by atoms with Crippen molar-refractivity contribution in [3.05, 3.63) is 35.9 Å². The Labute approximate surface area is 102 Å². The van der Waals surface area contributed by atoms with Gasteiger partial charge in [0.15, 0.2) is 0 Å². The molecule has 0 unspecified atom stereocenters. The lowest BCUT2D eigenvalue weighted by atomic mass is 10.2. The van der Waals surface area contributed by atoms with E-state index in [1.165, 1.54) is 4.90 Å². The SMILES string of the molecule is CC(C)N(CCO)C(=O)OCc1ccccc1. The summed E-state index contributed by atoms with van der Waals surface area (Å²) < 4.78 is 5.18. The van der Waals surface area contributed by atoms with Crippen LogP contribution in [0, 0.1) is 0 Å². The first-order chi connectivity index (χ1) is 8.15. The van der Waals surface area contributed by atoms with Crippen molar-refractivity contribution in [2.24, 2.45) is 0 Å². The third kappa shape index (κ3) is 4.44. The summed E-state index contributed by atoms with van der Waals surface area (Å²) in [5.74, 6) is 0. The van der Waals surface area contributed by atoms with Crippen LogP contribution in [0.25, 0.3) is 0 Å². The summed E-state index contributed by atoms with van der Waals surface area (Å²) in [6, 6.07) is 9.54. The number of ether oxygens (including phenoxy) is 1. The number of amides is 1. The molecule has 1 N–H and O–H groups in total.